The number of rotatable bonds is 4. The molecule has 2 aromatic carbocycles. The zero-order valence-corrected chi connectivity index (χ0v) is 17.1. The molecule has 2 aromatic heterocycles. The third kappa shape index (κ3) is 3.10. The fourth-order valence-electron chi connectivity index (χ4n) is 3.80. The Morgan fingerprint density at radius 1 is 1.16 bits per heavy atom. The van der Waals surface area contributed by atoms with Crippen molar-refractivity contribution in [3.05, 3.63) is 94.4 Å². The Balaban J connectivity index is 1.66. The Kier molecular flexibility index (Phi) is 4.41. The molecule has 0 saturated carbocycles. The molecule has 1 aliphatic rings. The van der Waals surface area contributed by atoms with Crippen LogP contribution >= 0.6 is 11.6 Å². The van der Waals surface area contributed by atoms with Crippen molar-refractivity contribution in [2.24, 2.45) is 0 Å². The van der Waals surface area contributed by atoms with E-state index in [2.05, 4.69) is 9.97 Å². The van der Waals surface area contributed by atoms with Crippen molar-refractivity contribution in [1.82, 2.24) is 9.97 Å². The fraction of sp³-hybridized carbons (Fsp3) is 0.0870. The van der Waals surface area contributed by atoms with Crippen molar-refractivity contribution in [3.63, 3.8) is 0 Å². The lowest BCUT2D eigenvalue weighted by Crippen LogP contribution is -2.30. The average Bonchev–Trinajstić information content (AvgIpc) is 3.46. The van der Waals surface area contributed by atoms with E-state index in [1.165, 1.54) is 4.90 Å². The van der Waals surface area contributed by atoms with Gasteiger partial charge in [0.25, 0.3) is 5.91 Å². The zero-order chi connectivity index (χ0) is 21.7. The van der Waals surface area contributed by atoms with Crippen LogP contribution in [-0.2, 0) is 4.79 Å². The quantitative estimate of drug-likeness (QED) is 0.446. The Morgan fingerprint density at radius 3 is 2.65 bits per heavy atom. The Morgan fingerprint density at radius 2 is 1.94 bits per heavy atom. The largest absolute Gasteiger partial charge is 0.503 e. The number of anilines is 1. The molecule has 0 spiro atoms. The van der Waals surface area contributed by atoms with Crippen molar-refractivity contribution in [2.75, 3.05) is 4.90 Å². The highest BCUT2D eigenvalue weighted by Gasteiger charge is 2.46. The number of nitrogens with one attached hydrogen (secondary N) is 1. The van der Waals surface area contributed by atoms with Crippen LogP contribution in [0.4, 0.5) is 5.69 Å². The molecule has 5 rings (SSSR count). The molecule has 1 atom stereocenters. The number of imidazole rings is 1. The van der Waals surface area contributed by atoms with Crippen LogP contribution in [0.1, 0.15) is 27.9 Å². The first-order valence-corrected chi connectivity index (χ1v) is 9.88. The van der Waals surface area contributed by atoms with Gasteiger partial charge in [-0.2, -0.15) is 0 Å². The number of carbonyl (C=O) groups is 2. The summed E-state index contributed by atoms with van der Waals surface area (Å²) < 4.78 is 5.79. The summed E-state index contributed by atoms with van der Waals surface area (Å²) in [5, 5.41) is 11.2. The summed E-state index contributed by atoms with van der Waals surface area (Å²) in [4.78, 5) is 35.1. The number of aryl methyl sites for hydroxylation is 1. The second-order valence-electron chi connectivity index (χ2n) is 7.23. The maximum absolute atomic E-state index is 13.4. The van der Waals surface area contributed by atoms with Crippen LogP contribution in [0.5, 0.6) is 0 Å². The second kappa shape index (κ2) is 7.14. The Bertz CT molecular complexity index is 1370. The third-order valence-corrected chi connectivity index (χ3v) is 5.52. The monoisotopic (exact) mass is 433 g/mol. The van der Waals surface area contributed by atoms with Gasteiger partial charge in [0.05, 0.1) is 22.9 Å². The van der Waals surface area contributed by atoms with E-state index in [0.717, 1.165) is 5.52 Å². The van der Waals surface area contributed by atoms with Gasteiger partial charge in [-0.1, -0.05) is 11.6 Å². The van der Waals surface area contributed by atoms with Gasteiger partial charge in [0.2, 0.25) is 0 Å². The third-order valence-electron chi connectivity index (χ3n) is 5.27. The number of hydrogen-bond acceptors (Lipinski definition) is 5. The number of Topliss-reactive ketones (excluding diaryl/α,β-unsaturated/α-hetero) is 1. The van der Waals surface area contributed by atoms with E-state index in [4.69, 9.17) is 16.0 Å². The number of aromatic amines is 1. The number of aliphatic hydroxyl groups is 1. The SMILES string of the molecule is Cc1ccc(C2C(C(=O)c3ccc(Cl)cc3)=C(O)C(=O)N2c2ccc3[nH]cnc3c2)o1. The van der Waals surface area contributed by atoms with Gasteiger partial charge in [0.1, 0.15) is 17.6 Å². The molecule has 1 amide bonds. The zero-order valence-electron chi connectivity index (χ0n) is 16.3. The van der Waals surface area contributed by atoms with Gasteiger partial charge in [0, 0.05) is 16.3 Å². The molecule has 2 N–H and O–H groups in total. The van der Waals surface area contributed by atoms with Crippen LogP contribution < -0.4 is 4.90 Å². The number of ketones is 1. The average molecular weight is 434 g/mol. The van der Waals surface area contributed by atoms with Gasteiger partial charge >= 0.3 is 0 Å². The lowest BCUT2D eigenvalue weighted by atomic mass is 9.96. The molecule has 3 heterocycles. The highest BCUT2D eigenvalue weighted by Crippen LogP contribution is 2.42. The van der Waals surface area contributed by atoms with Gasteiger partial charge in [-0.15, -0.1) is 0 Å². The van der Waals surface area contributed by atoms with Crippen molar-refractivity contribution in [2.45, 2.75) is 13.0 Å². The number of amides is 1. The van der Waals surface area contributed by atoms with E-state index < -0.39 is 23.5 Å². The van der Waals surface area contributed by atoms with Gasteiger partial charge in [-0.05, 0) is 61.5 Å². The molecule has 0 saturated heterocycles. The number of hydrogen-bond donors (Lipinski definition) is 2. The minimum absolute atomic E-state index is 0.0520. The highest BCUT2D eigenvalue weighted by molar-refractivity contribution is 6.30. The number of furan rings is 1. The molecule has 0 bridgehead atoms. The molecule has 0 radical (unpaired) electrons. The molecule has 154 valence electrons. The summed E-state index contributed by atoms with van der Waals surface area (Å²) in [7, 11) is 0. The first-order chi connectivity index (χ1) is 14.9. The van der Waals surface area contributed by atoms with Crippen molar-refractivity contribution < 1.29 is 19.1 Å². The summed E-state index contributed by atoms with van der Waals surface area (Å²) in [6, 6.07) is 14.0. The maximum Gasteiger partial charge on any atom is 0.294 e. The van der Waals surface area contributed by atoms with Gasteiger partial charge in [-0.25, -0.2) is 4.98 Å². The van der Waals surface area contributed by atoms with Gasteiger partial charge in [-0.3, -0.25) is 14.5 Å². The fourth-order valence-corrected chi connectivity index (χ4v) is 3.93. The number of carbonyl (C=O) groups excluding carboxylic acids is 2. The summed E-state index contributed by atoms with van der Waals surface area (Å²) >= 11 is 5.94. The van der Waals surface area contributed by atoms with Crippen molar-refractivity contribution in [1.29, 1.82) is 0 Å². The summed E-state index contributed by atoms with van der Waals surface area (Å²) in [6.07, 6.45) is 1.55. The molecule has 1 unspecified atom stereocenters. The van der Waals surface area contributed by atoms with Crippen LogP contribution in [0, 0.1) is 6.92 Å². The van der Waals surface area contributed by atoms with Crippen LogP contribution in [0.3, 0.4) is 0 Å². The number of benzene rings is 2. The second-order valence-corrected chi connectivity index (χ2v) is 7.66. The van der Waals surface area contributed by atoms with E-state index in [9.17, 15) is 14.7 Å². The minimum Gasteiger partial charge on any atom is -0.503 e. The van der Waals surface area contributed by atoms with E-state index >= 15 is 0 Å². The number of fused-ring (bicyclic) bond motifs is 1. The first-order valence-electron chi connectivity index (χ1n) is 9.50. The van der Waals surface area contributed by atoms with Crippen molar-refractivity contribution in [3.8, 4) is 0 Å². The van der Waals surface area contributed by atoms with Crippen LogP contribution in [-0.4, -0.2) is 26.8 Å². The number of halogens is 1. The molecule has 8 heteroatoms. The maximum atomic E-state index is 13.4. The predicted molar refractivity (Wildman–Crippen MR) is 115 cm³/mol. The predicted octanol–water partition coefficient (Wildman–Crippen LogP) is 4.90. The lowest BCUT2D eigenvalue weighted by molar-refractivity contribution is -0.117. The number of aliphatic hydroxyl groups excluding tert-OH is 1. The molecule has 31 heavy (non-hydrogen) atoms. The normalized spacial score (nSPS) is 16.5. The van der Waals surface area contributed by atoms with Crippen LogP contribution in [0.15, 0.2) is 76.7 Å². The molecule has 1 aliphatic heterocycles. The number of H-pyrrole nitrogens is 1. The number of nitrogens with zero attached hydrogens (tertiary/aromatic N) is 2. The molecular weight excluding hydrogens is 418 g/mol. The van der Waals surface area contributed by atoms with E-state index in [1.54, 1.807) is 67.8 Å². The van der Waals surface area contributed by atoms with E-state index in [-0.39, 0.29) is 5.57 Å². The smallest absolute Gasteiger partial charge is 0.294 e. The highest BCUT2D eigenvalue weighted by atomic mass is 35.5. The van der Waals surface area contributed by atoms with Crippen LogP contribution in [0.2, 0.25) is 5.02 Å². The van der Waals surface area contributed by atoms with Gasteiger partial charge in [0.15, 0.2) is 11.5 Å². The first kappa shape index (κ1) is 19.1. The van der Waals surface area contributed by atoms with Crippen molar-refractivity contribution >= 4 is 40.0 Å². The summed E-state index contributed by atoms with van der Waals surface area (Å²) in [6.45, 7) is 1.77. The molecule has 4 aromatic rings. The van der Waals surface area contributed by atoms with E-state index in [1.807, 2.05) is 0 Å². The minimum atomic E-state index is -0.930. The Labute approximate surface area is 181 Å². The molecule has 7 nitrogen and oxygen atoms in total. The summed E-state index contributed by atoms with van der Waals surface area (Å²) in [5.74, 6) is -0.790. The molecule has 0 aliphatic carbocycles. The Hall–Kier alpha value is -3.84. The number of aromatic nitrogens is 2. The van der Waals surface area contributed by atoms with Gasteiger partial charge < -0.3 is 14.5 Å². The standard InChI is InChI=1S/C23H16ClN3O4/c1-12-2-9-18(31-12)20-19(21(28)13-3-5-14(24)6-4-13)22(29)23(30)27(20)15-7-8-16-17(10-15)26-11-25-16/h2-11,20,29H,1H3,(H,25,26). The topological polar surface area (TPSA) is 99.4 Å². The summed E-state index contributed by atoms with van der Waals surface area (Å²) in [5.41, 5.74) is 2.18. The molecular formula is C23H16ClN3O4. The lowest BCUT2D eigenvalue weighted by Gasteiger charge is -2.25. The van der Waals surface area contributed by atoms with Crippen LogP contribution in [0.25, 0.3) is 11.0 Å². The molecule has 0 fully saturated rings. The van der Waals surface area contributed by atoms with E-state index in [0.29, 0.717) is 33.3 Å².